The molecular formula is C13H21BrN4. The van der Waals surface area contributed by atoms with E-state index in [2.05, 4.69) is 50.0 Å². The van der Waals surface area contributed by atoms with E-state index >= 15 is 0 Å². The quantitative estimate of drug-likeness (QED) is 0.868. The predicted octanol–water partition coefficient (Wildman–Crippen LogP) is 2.70. The van der Waals surface area contributed by atoms with E-state index in [4.69, 9.17) is 0 Å². The lowest BCUT2D eigenvalue weighted by atomic mass is 10.1. The average molecular weight is 313 g/mol. The normalized spacial score (nSPS) is 17.9. The second-order valence-corrected chi connectivity index (χ2v) is 5.51. The molecule has 0 saturated carbocycles. The molecule has 0 aromatic carbocycles. The summed E-state index contributed by atoms with van der Waals surface area (Å²) in [5.41, 5.74) is 0. The summed E-state index contributed by atoms with van der Waals surface area (Å²) < 4.78 is 0.864. The molecule has 0 aliphatic carbocycles. The van der Waals surface area contributed by atoms with Crippen LogP contribution in [0.1, 0.15) is 32.5 Å². The number of halogens is 1. The smallest absolute Gasteiger partial charge is 0.131 e. The van der Waals surface area contributed by atoms with E-state index in [1.54, 1.807) is 0 Å². The van der Waals surface area contributed by atoms with Crippen LogP contribution in [0.4, 0.5) is 5.82 Å². The van der Waals surface area contributed by atoms with Crippen LogP contribution in [-0.4, -0.2) is 40.5 Å². The molecule has 0 unspecified atom stereocenters. The lowest BCUT2D eigenvalue weighted by molar-refractivity contribution is 0.229. The van der Waals surface area contributed by atoms with E-state index in [9.17, 15) is 0 Å². The Bertz CT molecular complexity index is 389. The molecular weight excluding hydrogens is 292 g/mol. The van der Waals surface area contributed by atoms with Crippen LogP contribution >= 0.6 is 15.9 Å². The summed E-state index contributed by atoms with van der Waals surface area (Å²) in [6.07, 6.45) is 3.25. The highest BCUT2D eigenvalue weighted by molar-refractivity contribution is 9.10. The Hall–Kier alpha value is -0.680. The largest absolute Gasteiger partial charge is 0.367 e. The van der Waals surface area contributed by atoms with Gasteiger partial charge in [-0.3, -0.25) is 0 Å². The standard InChI is InChI=1S/C13H21BrN4/c1-3-12-16-11(14)9-13(17-12)15-10-5-7-18(4-2)8-6-10/h9-10H,3-8H2,1-2H3,(H,15,16,17). The first-order valence-electron chi connectivity index (χ1n) is 6.73. The molecule has 0 atom stereocenters. The third-order valence-corrected chi connectivity index (χ3v) is 3.85. The molecule has 1 saturated heterocycles. The van der Waals surface area contributed by atoms with Gasteiger partial charge in [-0.25, -0.2) is 9.97 Å². The highest BCUT2D eigenvalue weighted by atomic mass is 79.9. The van der Waals surface area contributed by atoms with E-state index < -0.39 is 0 Å². The lowest BCUT2D eigenvalue weighted by Crippen LogP contribution is -2.39. The number of aromatic nitrogens is 2. The van der Waals surface area contributed by atoms with Crippen molar-refractivity contribution in [2.24, 2.45) is 0 Å². The second kappa shape index (κ2) is 6.48. The molecule has 1 fully saturated rings. The molecule has 18 heavy (non-hydrogen) atoms. The van der Waals surface area contributed by atoms with Gasteiger partial charge >= 0.3 is 0 Å². The Morgan fingerprint density at radius 2 is 2.06 bits per heavy atom. The van der Waals surface area contributed by atoms with Crippen LogP contribution in [0.15, 0.2) is 10.7 Å². The van der Waals surface area contributed by atoms with E-state index in [1.807, 2.05) is 6.07 Å². The lowest BCUT2D eigenvalue weighted by Gasteiger charge is -2.31. The SMILES string of the molecule is CCc1nc(Br)cc(NC2CCN(CC)CC2)n1. The van der Waals surface area contributed by atoms with E-state index in [0.29, 0.717) is 6.04 Å². The van der Waals surface area contributed by atoms with Crippen molar-refractivity contribution in [1.29, 1.82) is 0 Å². The average Bonchev–Trinajstić information content (AvgIpc) is 2.39. The number of anilines is 1. The van der Waals surface area contributed by atoms with Gasteiger partial charge in [0.25, 0.3) is 0 Å². The Labute approximate surface area is 117 Å². The molecule has 1 aromatic rings. The molecule has 100 valence electrons. The van der Waals surface area contributed by atoms with E-state index in [1.165, 1.54) is 25.9 Å². The van der Waals surface area contributed by atoms with Crippen LogP contribution in [0.3, 0.4) is 0 Å². The summed E-state index contributed by atoms with van der Waals surface area (Å²) in [5.74, 6) is 1.83. The molecule has 0 radical (unpaired) electrons. The molecule has 1 N–H and O–H groups in total. The minimum atomic E-state index is 0.541. The zero-order chi connectivity index (χ0) is 13.0. The summed E-state index contributed by atoms with van der Waals surface area (Å²) >= 11 is 3.44. The Morgan fingerprint density at radius 1 is 1.33 bits per heavy atom. The fraction of sp³-hybridized carbons (Fsp3) is 0.692. The zero-order valence-electron chi connectivity index (χ0n) is 11.1. The van der Waals surface area contributed by atoms with Crippen molar-refractivity contribution < 1.29 is 0 Å². The van der Waals surface area contributed by atoms with Gasteiger partial charge in [0, 0.05) is 31.6 Å². The maximum absolute atomic E-state index is 4.52. The van der Waals surface area contributed by atoms with Crippen LogP contribution in [0.25, 0.3) is 0 Å². The highest BCUT2D eigenvalue weighted by Crippen LogP contribution is 2.18. The van der Waals surface area contributed by atoms with Crippen LogP contribution in [0.5, 0.6) is 0 Å². The number of likely N-dealkylation sites (tertiary alicyclic amines) is 1. The number of aryl methyl sites for hydroxylation is 1. The van der Waals surface area contributed by atoms with Gasteiger partial charge in [0.15, 0.2) is 0 Å². The van der Waals surface area contributed by atoms with Crippen molar-refractivity contribution >= 4 is 21.7 Å². The molecule has 4 nitrogen and oxygen atoms in total. The number of hydrogen-bond donors (Lipinski definition) is 1. The molecule has 1 aromatic heterocycles. The number of nitrogens with zero attached hydrogens (tertiary/aromatic N) is 3. The molecule has 0 bridgehead atoms. The third-order valence-electron chi connectivity index (χ3n) is 3.44. The van der Waals surface area contributed by atoms with Crippen molar-refractivity contribution in [3.63, 3.8) is 0 Å². The van der Waals surface area contributed by atoms with Crippen LogP contribution in [0, 0.1) is 0 Å². The number of nitrogens with one attached hydrogen (secondary N) is 1. The molecule has 1 aliphatic heterocycles. The minimum absolute atomic E-state index is 0.541. The van der Waals surface area contributed by atoms with Crippen molar-refractivity contribution in [3.05, 3.63) is 16.5 Å². The maximum Gasteiger partial charge on any atom is 0.131 e. The van der Waals surface area contributed by atoms with Gasteiger partial charge in [0.1, 0.15) is 16.2 Å². The maximum atomic E-state index is 4.52. The zero-order valence-corrected chi connectivity index (χ0v) is 12.7. The first kappa shape index (κ1) is 13.7. The van der Waals surface area contributed by atoms with Gasteiger partial charge in [0.05, 0.1) is 0 Å². The first-order valence-corrected chi connectivity index (χ1v) is 7.53. The monoisotopic (exact) mass is 312 g/mol. The molecule has 0 spiro atoms. The van der Waals surface area contributed by atoms with Crippen LogP contribution < -0.4 is 5.32 Å². The van der Waals surface area contributed by atoms with E-state index in [0.717, 1.165) is 29.2 Å². The first-order chi connectivity index (χ1) is 8.71. The van der Waals surface area contributed by atoms with Gasteiger partial charge in [-0.2, -0.15) is 0 Å². The fourth-order valence-corrected chi connectivity index (χ4v) is 2.72. The van der Waals surface area contributed by atoms with Gasteiger partial charge in [-0.15, -0.1) is 0 Å². The summed E-state index contributed by atoms with van der Waals surface area (Å²) in [7, 11) is 0. The Kier molecular flexibility index (Phi) is 4.95. The van der Waals surface area contributed by atoms with E-state index in [-0.39, 0.29) is 0 Å². The third kappa shape index (κ3) is 3.65. The molecule has 5 heteroatoms. The molecule has 0 amide bonds. The van der Waals surface area contributed by atoms with Crippen molar-refractivity contribution in [3.8, 4) is 0 Å². The second-order valence-electron chi connectivity index (χ2n) is 4.70. The van der Waals surface area contributed by atoms with Crippen LogP contribution in [-0.2, 0) is 6.42 Å². The van der Waals surface area contributed by atoms with Gasteiger partial charge in [-0.05, 0) is 35.3 Å². The fourth-order valence-electron chi connectivity index (χ4n) is 2.30. The summed E-state index contributed by atoms with van der Waals surface area (Å²) in [6, 6.07) is 2.50. The highest BCUT2D eigenvalue weighted by Gasteiger charge is 2.18. The van der Waals surface area contributed by atoms with Crippen molar-refractivity contribution in [2.45, 2.75) is 39.2 Å². The van der Waals surface area contributed by atoms with Crippen LogP contribution in [0.2, 0.25) is 0 Å². The van der Waals surface area contributed by atoms with Crippen molar-refractivity contribution in [2.75, 3.05) is 25.0 Å². The summed E-state index contributed by atoms with van der Waals surface area (Å²) in [5, 5.41) is 3.53. The molecule has 2 rings (SSSR count). The number of rotatable bonds is 4. The predicted molar refractivity (Wildman–Crippen MR) is 77.9 cm³/mol. The van der Waals surface area contributed by atoms with Gasteiger partial charge < -0.3 is 10.2 Å². The topological polar surface area (TPSA) is 41.1 Å². The summed E-state index contributed by atoms with van der Waals surface area (Å²) in [4.78, 5) is 11.3. The number of piperidine rings is 1. The van der Waals surface area contributed by atoms with Gasteiger partial charge in [-0.1, -0.05) is 13.8 Å². The minimum Gasteiger partial charge on any atom is -0.367 e. The van der Waals surface area contributed by atoms with Crippen molar-refractivity contribution in [1.82, 2.24) is 14.9 Å². The number of hydrogen-bond acceptors (Lipinski definition) is 4. The molecule has 2 heterocycles. The Morgan fingerprint density at radius 3 is 2.67 bits per heavy atom. The molecule has 1 aliphatic rings. The van der Waals surface area contributed by atoms with Gasteiger partial charge in [0.2, 0.25) is 0 Å². The summed E-state index contributed by atoms with van der Waals surface area (Å²) in [6.45, 7) is 7.82. The Balaban J connectivity index is 1.95.